The maximum atomic E-state index is 13.5. The maximum Gasteiger partial charge on any atom is 0.234 e. The molecule has 30 heavy (non-hydrogen) atoms. The first-order valence-electron chi connectivity index (χ1n) is 10.8. The zero-order chi connectivity index (χ0) is 21.3. The van der Waals surface area contributed by atoms with Gasteiger partial charge >= 0.3 is 0 Å². The molecule has 1 aliphatic rings. The van der Waals surface area contributed by atoms with Crippen LogP contribution in [0.1, 0.15) is 31.7 Å². The number of hydrogen-bond acceptors (Lipinski definition) is 3. The smallest absolute Gasteiger partial charge is 0.234 e. The summed E-state index contributed by atoms with van der Waals surface area (Å²) in [4.78, 5) is 21.6. The highest BCUT2D eigenvalue weighted by molar-refractivity contribution is 5.83. The molecular weight excluding hydrogens is 383 g/mol. The Labute approximate surface area is 177 Å². The summed E-state index contributed by atoms with van der Waals surface area (Å²) in [5.41, 5.74) is 2.03. The third kappa shape index (κ3) is 6.19. The van der Waals surface area contributed by atoms with E-state index in [1.165, 1.54) is 6.07 Å². The highest BCUT2D eigenvalue weighted by Gasteiger charge is 2.21. The van der Waals surface area contributed by atoms with Gasteiger partial charge in [-0.1, -0.05) is 6.92 Å². The lowest BCUT2D eigenvalue weighted by Crippen LogP contribution is -2.50. The van der Waals surface area contributed by atoms with Crippen molar-refractivity contribution < 1.29 is 9.18 Å². The lowest BCUT2D eigenvalue weighted by Gasteiger charge is -2.32. The Morgan fingerprint density at radius 2 is 2.07 bits per heavy atom. The minimum Gasteiger partial charge on any atom is -0.361 e. The van der Waals surface area contributed by atoms with Crippen LogP contribution in [0.5, 0.6) is 0 Å². The molecule has 0 atom stereocenters. The fourth-order valence-electron chi connectivity index (χ4n) is 3.82. The SMILES string of the molecule is CCCNC(=O)CN1CCC(NC(=NC)NCCc2c[nH]c3ccc(F)cc23)CC1. The number of H-pyrrole nitrogens is 1. The van der Waals surface area contributed by atoms with Crippen LogP contribution in [0.2, 0.25) is 0 Å². The molecule has 1 saturated heterocycles. The van der Waals surface area contributed by atoms with Gasteiger partial charge in [-0.25, -0.2) is 4.39 Å². The first kappa shape index (κ1) is 22.1. The van der Waals surface area contributed by atoms with Gasteiger partial charge in [-0.05, 0) is 49.4 Å². The number of aliphatic imine (C=N–C) groups is 1. The normalized spacial score (nSPS) is 16.0. The van der Waals surface area contributed by atoms with Gasteiger partial charge < -0.3 is 20.9 Å². The number of carbonyl (C=O) groups is 1. The number of fused-ring (bicyclic) bond motifs is 1. The van der Waals surface area contributed by atoms with Crippen LogP contribution >= 0.6 is 0 Å². The van der Waals surface area contributed by atoms with Crippen LogP contribution in [-0.4, -0.2) is 67.6 Å². The van der Waals surface area contributed by atoms with Crippen molar-refractivity contribution in [3.05, 3.63) is 35.8 Å². The molecule has 0 radical (unpaired) electrons. The Bertz CT molecular complexity index is 856. The summed E-state index contributed by atoms with van der Waals surface area (Å²) in [6, 6.07) is 5.15. The molecule has 0 spiro atoms. The fourth-order valence-corrected chi connectivity index (χ4v) is 3.82. The second-order valence-corrected chi connectivity index (χ2v) is 7.80. The van der Waals surface area contributed by atoms with E-state index in [9.17, 15) is 9.18 Å². The number of likely N-dealkylation sites (tertiary alicyclic amines) is 1. The number of guanidine groups is 1. The van der Waals surface area contributed by atoms with E-state index >= 15 is 0 Å². The predicted octanol–water partition coefficient (Wildman–Crippen LogP) is 2.01. The summed E-state index contributed by atoms with van der Waals surface area (Å²) in [6.45, 7) is 5.78. The Morgan fingerprint density at radius 1 is 1.27 bits per heavy atom. The van der Waals surface area contributed by atoms with Gasteiger partial charge in [0.1, 0.15) is 5.82 Å². The number of aromatic amines is 1. The van der Waals surface area contributed by atoms with Gasteiger partial charge in [-0.15, -0.1) is 0 Å². The molecule has 2 heterocycles. The highest BCUT2D eigenvalue weighted by Crippen LogP contribution is 2.19. The molecule has 0 saturated carbocycles. The number of benzene rings is 1. The van der Waals surface area contributed by atoms with Gasteiger partial charge in [0.2, 0.25) is 5.91 Å². The molecule has 3 rings (SSSR count). The summed E-state index contributed by atoms with van der Waals surface area (Å²) in [5, 5.41) is 10.7. The molecule has 1 fully saturated rings. The topological polar surface area (TPSA) is 84.6 Å². The second-order valence-electron chi connectivity index (χ2n) is 7.80. The monoisotopic (exact) mass is 416 g/mol. The number of nitrogens with one attached hydrogen (secondary N) is 4. The van der Waals surface area contributed by atoms with Crippen molar-refractivity contribution in [2.24, 2.45) is 4.99 Å². The van der Waals surface area contributed by atoms with Gasteiger partial charge in [0.15, 0.2) is 5.96 Å². The molecular formula is C22H33FN6O. The van der Waals surface area contributed by atoms with Crippen molar-refractivity contribution in [2.75, 3.05) is 39.8 Å². The standard InChI is InChI=1S/C22H33FN6O/c1-3-9-25-21(30)15-29-11-7-18(8-12-29)28-22(24-2)26-10-6-16-14-27-20-5-4-17(23)13-19(16)20/h4-5,13-14,18,27H,3,6-12,15H2,1-2H3,(H,25,30)(H2,24,26,28). The zero-order valence-corrected chi connectivity index (χ0v) is 17.9. The molecule has 8 heteroatoms. The summed E-state index contributed by atoms with van der Waals surface area (Å²) in [7, 11) is 1.77. The number of halogens is 1. The van der Waals surface area contributed by atoms with Gasteiger partial charge in [-0.3, -0.25) is 14.7 Å². The van der Waals surface area contributed by atoms with E-state index in [0.717, 1.165) is 67.7 Å². The van der Waals surface area contributed by atoms with Crippen LogP contribution in [0.25, 0.3) is 10.9 Å². The third-order valence-electron chi connectivity index (χ3n) is 5.51. The molecule has 1 aromatic heterocycles. The average molecular weight is 417 g/mol. The van der Waals surface area contributed by atoms with Crippen LogP contribution in [0.15, 0.2) is 29.4 Å². The van der Waals surface area contributed by atoms with Gasteiger partial charge in [0.05, 0.1) is 6.54 Å². The quantitative estimate of drug-likeness (QED) is 0.392. The first-order chi connectivity index (χ1) is 14.6. The van der Waals surface area contributed by atoms with Crippen molar-refractivity contribution >= 4 is 22.8 Å². The maximum absolute atomic E-state index is 13.5. The predicted molar refractivity (Wildman–Crippen MR) is 119 cm³/mol. The molecule has 1 aromatic carbocycles. The number of rotatable bonds is 8. The summed E-state index contributed by atoms with van der Waals surface area (Å²) in [6.07, 6.45) is 5.62. The van der Waals surface area contributed by atoms with Crippen LogP contribution in [0, 0.1) is 5.82 Å². The van der Waals surface area contributed by atoms with Crippen molar-refractivity contribution in [2.45, 2.75) is 38.6 Å². The number of piperidine rings is 1. The van der Waals surface area contributed by atoms with Crippen molar-refractivity contribution in [3.63, 3.8) is 0 Å². The zero-order valence-electron chi connectivity index (χ0n) is 17.9. The van der Waals surface area contributed by atoms with E-state index < -0.39 is 0 Å². The summed E-state index contributed by atoms with van der Waals surface area (Å²) in [5.74, 6) is 0.668. The molecule has 2 aromatic rings. The van der Waals surface area contributed by atoms with Crippen LogP contribution in [0.4, 0.5) is 4.39 Å². The third-order valence-corrected chi connectivity index (χ3v) is 5.51. The van der Waals surface area contributed by atoms with E-state index in [0.29, 0.717) is 19.1 Å². The van der Waals surface area contributed by atoms with E-state index in [1.54, 1.807) is 19.2 Å². The van der Waals surface area contributed by atoms with E-state index in [2.05, 4.69) is 37.8 Å². The van der Waals surface area contributed by atoms with Crippen LogP contribution < -0.4 is 16.0 Å². The molecule has 0 aliphatic carbocycles. The van der Waals surface area contributed by atoms with Crippen LogP contribution in [-0.2, 0) is 11.2 Å². The molecule has 164 valence electrons. The molecule has 4 N–H and O–H groups in total. The molecule has 1 amide bonds. The number of aromatic nitrogens is 1. The van der Waals surface area contributed by atoms with E-state index in [-0.39, 0.29) is 11.7 Å². The molecule has 1 aliphatic heterocycles. The Balaban J connectivity index is 1.40. The average Bonchev–Trinajstić information content (AvgIpc) is 3.14. The van der Waals surface area contributed by atoms with Crippen molar-refractivity contribution in [3.8, 4) is 0 Å². The molecule has 0 bridgehead atoms. The Morgan fingerprint density at radius 3 is 2.80 bits per heavy atom. The number of carbonyl (C=O) groups excluding carboxylic acids is 1. The molecule has 7 nitrogen and oxygen atoms in total. The Hall–Kier alpha value is -2.61. The van der Waals surface area contributed by atoms with Crippen LogP contribution in [0.3, 0.4) is 0 Å². The second kappa shape index (κ2) is 11.0. The fraction of sp³-hybridized carbons (Fsp3) is 0.545. The minimum atomic E-state index is -0.219. The van der Waals surface area contributed by atoms with Gasteiger partial charge in [0, 0.05) is 56.4 Å². The highest BCUT2D eigenvalue weighted by atomic mass is 19.1. The number of nitrogens with zero attached hydrogens (tertiary/aromatic N) is 2. The minimum absolute atomic E-state index is 0.109. The summed E-state index contributed by atoms with van der Waals surface area (Å²) < 4.78 is 13.5. The van der Waals surface area contributed by atoms with Gasteiger partial charge in [0.25, 0.3) is 0 Å². The lowest BCUT2D eigenvalue weighted by molar-refractivity contribution is -0.122. The molecule has 0 unspecified atom stereocenters. The first-order valence-corrected chi connectivity index (χ1v) is 10.8. The largest absolute Gasteiger partial charge is 0.361 e. The number of amides is 1. The van der Waals surface area contributed by atoms with Gasteiger partial charge in [-0.2, -0.15) is 0 Å². The lowest BCUT2D eigenvalue weighted by atomic mass is 10.1. The Kier molecular flexibility index (Phi) is 8.07. The summed E-state index contributed by atoms with van der Waals surface area (Å²) >= 11 is 0. The van der Waals surface area contributed by atoms with Crippen molar-refractivity contribution in [1.29, 1.82) is 0 Å². The number of hydrogen-bond donors (Lipinski definition) is 4. The van der Waals surface area contributed by atoms with Crippen molar-refractivity contribution in [1.82, 2.24) is 25.8 Å². The van der Waals surface area contributed by atoms with E-state index in [1.807, 2.05) is 6.20 Å². The van der Waals surface area contributed by atoms with E-state index in [4.69, 9.17) is 0 Å².